The van der Waals surface area contributed by atoms with E-state index in [9.17, 15) is 5.11 Å². The third kappa shape index (κ3) is 2.80. The Hall–Kier alpha value is -0.920. The second-order valence-electron chi connectivity index (χ2n) is 6.42. The van der Waals surface area contributed by atoms with Crippen LogP contribution in [0.1, 0.15) is 17.5 Å². The molecule has 5 nitrogen and oxygen atoms in total. The third-order valence-corrected chi connectivity index (χ3v) is 6.28. The van der Waals surface area contributed by atoms with Gasteiger partial charge in [0.15, 0.2) is 0 Å². The lowest BCUT2D eigenvalue weighted by molar-refractivity contribution is 0.134. The van der Waals surface area contributed by atoms with E-state index in [2.05, 4.69) is 25.8 Å². The number of pyridine rings is 1. The first-order valence-corrected chi connectivity index (χ1v) is 9.10. The van der Waals surface area contributed by atoms with Gasteiger partial charge < -0.3 is 14.6 Å². The summed E-state index contributed by atoms with van der Waals surface area (Å²) in [5.41, 5.74) is 2.97. The molecule has 0 radical (unpaired) electrons. The van der Waals surface area contributed by atoms with Gasteiger partial charge >= 0.3 is 0 Å². The van der Waals surface area contributed by atoms with Crippen LogP contribution in [0.2, 0.25) is 5.02 Å². The SMILES string of the molecule is CN1C[C@H](O)C[C@H]1COc1ccc2c3c(c(Br)c(Cl)c2n1)COC3. The summed E-state index contributed by atoms with van der Waals surface area (Å²) in [6, 6.07) is 4.07. The number of halogens is 2. The molecule has 0 bridgehead atoms. The number of β-amino-alcohol motifs (C(OH)–C–C–N with tert-alkyl or cyclic N) is 1. The molecule has 3 heterocycles. The van der Waals surface area contributed by atoms with Gasteiger partial charge in [0.05, 0.1) is 29.9 Å². The predicted molar refractivity (Wildman–Crippen MR) is 95.5 cm³/mol. The van der Waals surface area contributed by atoms with Crippen molar-refractivity contribution in [2.75, 3.05) is 20.2 Å². The van der Waals surface area contributed by atoms with Crippen LogP contribution >= 0.6 is 27.5 Å². The van der Waals surface area contributed by atoms with Gasteiger partial charge in [-0.05, 0) is 46.6 Å². The van der Waals surface area contributed by atoms with Crippen molar-refractivity contribution in [3.05, 3.63) is 32.8 Å². The Labute approximate surface area is 153 Å². The van der Waals surface area contributed by atoms with E-state index in [-0.39, 0.29) is 12.1 Å². The normalized spacial score (nSPS) is 23.8. The van der Waals surface area contributed by atoms with Gasteiger partial charge in [0.25, 0.3) is 0 Å². The molecule has 2 aliphatic rings. The number of fused-ring (bicyclic) bond motifs is 3. The summed E-state index contributed by atoms with van der Waals surface area (Å²) in [6.07, 6.45) is 0.447. The van der Waals surface area contributed by atoms with E-state index in [0.717, 1.165) is 32.9 Å². The first-order chi connectivity index (χ1) is 11.5. The lowest BCUT2D eigenvalue weighted by atomic mass is 10.0. The number of rotatable bonds is 3. The molecule has 2 aromatic rings. The zero-order valence-corrected chi connectivity index (χ0v) is 15.6. The van der Waals surface area contributed by atoms with Gasteiger partial charge in [0, 0.05) is 28.5 Å². The van der Waals surface area contributed by atoms with Crippen LogP contribution in [-0.2, 0) is 18.0 Å². The van der Waals surface area contributed by atoms with Gasteiger partial charge in [-0.3, -0.25) is 4.90 Å². The Balaban J connectivity index is 1.62. The fourth-order valence-electron chi connectivity index (χ4n) is 3.46. The largest absolute Gasteiger partial charge is 0.476 e. The molecule has 0 saturated carbocycles. The molecule has 128 valence electrons. The second kappa shape index (κ2) is 6.42. The zero-order valence-electron chi connectivity index (χ0n) is 13.3. The molecule has 0 unspecified atom stereocenters. The molecular formula is C17H18BrClN2O3. The van der Waals surface area contributed by atoms with E-state index in [1.165, 1.54) is 0 Å². The van der Waals surface area contributed by atoms with Gasteiger partial charge in [-0.15, -0.1) is 0 Å². The molecule has 0 amide bonds. The predicted octanol–water partition coefficient (Wildman–Crippen LogP) is 3.12. The maximum atomic E-state index is 9.72. The Bertz CT molecular complexity index is 801. The zero-order chi connectivity index (χ0) is 16.8. The molecule has 7 heteroatoms. The number of nitrogens with zero attached hydrogens (tertiary/aromatic N) is 2. The number of likely N-dealkylation sites (N-methyl/N-ethyl adjacent to an activating group) is 1. The fraction of sp³-hybridized carbons (Fsp3) is 0.471. The average Bonchev–Trinajstić information content (AvgIpc) is 3.17. The second-order valence-corrected chi connectivity index (χ2v) is 7.59. The highest BCUT2D eigenvalue weighted by molar-refractivity contribution is 9.10. The Morgan fingerprint density at radius 1 is 1.42 bits per heavy atom. The van der Waals surface area contributed by atoms with Gasteiger partial charge in [-0.2, -0.15) is 0 Å². The summed E-state index contributed by atoms with van der Waals surface area (Å²) in [6.45, 7) is 2.33. The van der Waals surface area contributed by atoms with Gasteiger partial charge in [-0.1, -0.05) is 11.6 Å². The molecule has 0 spiro atoms. The van der Waals surface area contributed by atoms with E-state index in [1.807, 2.05) is 19.2 Å². The monoisotopic (exact) mass is 412 g/mol. The summed E-state index contributed by atoms with van der Waals surface area (Å²) in [7, 11) is 2.00. The van der Waals surface area contributed by atoms with Gasteiger partial charge in [-0.25, -0.2) is 4.98 Å². The van der Waals surface area contributed by atoms with Crippen molar-refractivity contribution in [3.63, 3.8) is 0 Å². The van der Waals surface area contributed by atoms with Crippen LogP contribution in [0, 0.1) is 0 Å². The topological polar surface area (TPSA) is 54.8 Å². The summed E-state index contributed by atoms with van der Waals surface area (Å²) >= 11 is 10.0. The standard InChI is InChI=1S/C17H18BrClN2O3/c1-21-5-10(22)4-9(21)6-24-14-3-2-11-12-7-23-8-13(12)15(18)16(19)17(11)20-14/h2-3,9-10,22H,4-8H2,1H3/t9-,10+/m0/s1. The minimum Gasteiger partial charge on any atom is -0.476 e. The number of hydrogen-bond donors (Lipinski definition) is 1. The molecule has 1 aromatic heterocycles. The van der Waals surface area contributed by atoms with Crippen LogP contribution in [-0.4, -0.2) is 47.3 Å². The highest BCUT2D eigenvalue weighted by Crippen LogP contribution is 2.40. The van der Waals surface area contributed by atoms with E-state index in [0.29, 0.717) is 37.3 Å². The molecule has 1 fully saturated rings. The van der Waals surface area contributed by atoms with E-state index >= 15 is 0 Å². The Kier molecular flexibility index (Phi) is 4.43. The number of aliphatic hydroxyl groups excluding tert-OH is 1. The van der Waals surface area contributed by atoms with Crippen LogP contribution in [0.3, 0.4) is 0 Å². The van der Waals surface area contributed by atoms with Crippen molar-refractivity contribution in [1.29, 1.82) is 0 Å². The quantitative estimate of drug-likeness (QED) is 0.838. The van der Waals surface area contributed by atoms with E-state index < -0.39 is 0 Å². The van der Waals surface area contributed by atoms with Gasteiger partial charge in [0.1, 0.15) is 6.61 Å². The van der Waals surface area contributed by atoms with Crippen molar-refractivity contribution in [2.45, 2.75) is 31.8 Å². The minimum atomic E-state index is -0.277. The lowest BCUT2D eigenvalue weighted by Crippen LogP contribution is -2.30. The van der Waals surface area contributed by atoms with E-state index in [4.69, 9.17) is 21.1 Å². The first kappa shape index (κ1) is 16.5. The molecule has 4 rings (SSSR count). The van der Waals surface area contributed by atoms with Crippen LogP contribution in [0.25, 0.3) is 10.9 Å². The fourth-order valence-corrected chi connectivity index (χ4v) is 4.26. The third-order valence-electron chi connectivity index (χ3n) is 4.81. The van der Waals surface area contributed by atoms with Crippen LogP contribution in [0.4, 0.5) is 0 Å². The number of aliphatic hydroxyl groups is 1. The average molecular weight is 414 g/mol. The minimum absolute atomic E-state index is 0.202. The molecule has 0 aliphatic carbocycles. The maximum absolute atomic E-state index is 9.72. The number of hydrogen-bond acceptors (Lipinski definition) is 5. The van der Waals surface area contributed by atoms with Crippen molar-refractivity contribution >= 4 is 38.4 Å². The van der Waals surface area contributed by atoms with Crippen LogP contribution in [0.5, 0.6) is 5.88 Å². The van der Waals surface area contributed by atoms with Crippen LogP contribution in [0.15, 0.2) is 16.6 Å². The lowest BCUT2D eigenvalue weighted by Gasteiger charge is -2.19. The number of aromatic nitrogens is 1. The number of likely N-dealkylation sites (tertiary alicyclic amines) is 1. The number of ether oxygens (including phenoxy) is 2. The van der Waals surface area contributed by atoms with Gasteiger partial charge in [0.2, 0.25) is 5.88 Å². The highest BCUT2D eigenvalue weighted by atomic mass is 79.9. The molecule has 1 N–H and O–H groups in total. The smallest absolute Gasteiger partial charge is 0.213 e. The maximum Gasteiger partial charge on any atom is 0.213 e. The molecule has 2 aliphatic heterocycles. The Morgan fingerprint density at radius 3 is 2.96 bits per heavy atom. The highest BCUT2D eigenvalue weighted by Gasteiger charge is 2.28. The first-order valence-electron chi connectivity index (χ1n) is 7.93. The molecule has 24 heavy (non-hydrogen) atoms. The van der Waals surface area contributed by atoms with Crippen molar-refractivity contribution in [2.24, 2.45) is 0 Å². The van der Waals surface area contributed by atoms with Crippen molar-refractivity contribution < 1.29 is 14.6 Å². The molecular weight excluding hydrogens is 396 g/mol. The Morgan fingerprint density at radius 2 is 2.21 bits per heavy atom. The molecule has 1 saturated heterocycles. The summed E-state index contributed by atoms with van der Waals surface area (Å²) in [5, 5.41) is 11.3. The molecule has 2 atom stereocenters. The molecule has 1 aromatic carbocycles. The van der Waals surface area contributed by atoms with Crippen molar-refractivity contribution in [3.8, 4) is 5.88 Å². The van der Waals surface area contributed by atoms with Crippen molar-refractivity contribution in [1.82, 2.24) is 9.88 Å². The van der Waals surface area contributed by atoms with Crippen LogP contribution < -0.4 is 4.74 Å². The number of benzene rings is 1. The van der Waals surface area contributed by atoms with E-state index in [1.54, 1.807) is 0 Å². The summed E-state index contributed by atoms with van der Waals surface area (Å²) in [5.74, 6) is 0.546. The summed E-state index contributed by atoms with van der Waals surface area (Å²) in [4.78, 5) is 6.71. The summed E-state index contributed by atoms with van der Waals surface area (Å²) < 4.78 is 12.3.